The second kappa shape index (κ2) is 6.44. The van der Waals surface area contributed by atoms with E-state index >= 15 is 0 Å². The molecule has 2 aromatic rings. The third kappa shape index (κ3) is 3.95. The van der Waals surface area contributed by atoms with Gasteiger partial charge in [0.25, 0.3) is 15.9 Å². The number of ether oxygens (including phenoxy) is 1. The van der Waals surface area contributed by atoms with E-state index < -0.39 is 21.7 Å². The van der Waals surface area contributed by atoms with Crippen LogP contribution in [0, 0.1) is 5.82 Å². The van der Waals surface area contributed by atoms with Gasteiger partial charge in [0, 0.05) is 0 Å². The Bertz CT molecular complexity index is 776. The second-order valence-corrected chi connectivity index (χ2v) is 5.99. The van der Waals surface area contributed by atoms with Gasteiger partial charge in [0.15, 0.2) is 6.61 Å². The normalized spacial score (nSPS) is 11.0. The highest BCUT2D eigenvalue weighted by molar-refractivity contribution is 7.92. The van der Waals surface area contributed by atoms with E-state index in [2.05, 4.69) is 4.72 Å². The van der Waals surface area contributed by atoms with Crippen LogP contribution in [0.5, 0.6) is 5.75 Å². The summed E-state index contributed by atoms with van der Waals surface area (Å²) in [6.45, 7) is -0.306. The number of sulfonamides is 1. The van der Waals surface area contributed by atoms with Crippen LogP contribution in [0.1, 0.15) is 0 Å². The average molecular weight is 324 g/mol. The summed E-state index contributed by atoms with van der Waals surface area (Å²) < 4.78 is 44.9. The molecule has 116 valence electrons. The van der Waals surface area contributed by atoms with E-state index in [-0.39, 0.29) is 17.2 Å². The van der Waals surface area contributed by atoms with Crippen molar-refractivity contribution in [3.8, 4) is 5.75 Å². The molecular weight excluding hydrogens is 311 g/mol. The summed E-state index contributed by atoms with van der Waals surface area (Å²) in [6, 6.07) is 10.7. The Morgan fingerprint density at radius 3 is 2.36 bits per heavy atom. The van der Waals surface area contributed by atoms with Crippen molar-refractivity contribution in [2.45, 2.75) is 4.90 Å². The van der Waals surface area contributed by atoms with Crippen LogP contribution in [-0.4, -0.2) is 20.9 Å². The minimum absolute atomic E-state index is 0.0674. The Kier molecular flexibility index (Phi) is 4.62. The number of carbonyl (C=O) groups excluding carboxylic acids is 1. The summed E-state index contributed by atoms with van der Waals surface area (Å²) in [6.07, 6.45) is 0. The smallest absolute Gasteiger partial charge is 0.261 e. The average Bonchev–Trinajstić information content (AvgIpc) is 2.48. The molecule has 8 heteroatoms. The van der Waals surface area contributed by atoms with Crippen molar-refractivity contribution in [1.82, 2.24) is 0 Å². The monoisotopic (exact) mass is 324 g/mol. The molecule has 0 saturated heterocycles. The van der Waals surface area contributed by atoms with E-state index in [4.69, 9.17) is 10.5 Å². The number of hydrogen-bond donors (Lipinski definition) is 2. The molecule has 0 spiro atoms. The van der Waals surface area contributed by atoms with E-state index in [0.29, 0.717) is 5.75 Å². The summed E-state index contributed by atoms with van der Waals surface area (Å²) in [5.41, 5.74) is 4.79. The molecule has 0 atom stereocenters. The Balaban J connectivity index is 2.16. The fraction of sp³-hybridized carbons (Fsp3) is 0.0714. The maximum atomic E-state index is 13.5. The summed E-state index contributed by atoms with van der Waals surface area (Å²) in [7, 11) is -3.92. The molecule has 6 nitrogen and oxygen atoms in total. The molecule has 0 aromatic heterocycles. The predicted molar refractivity (Wildman–Crippen MR) is 78.3 cm³/mol. The summed E-state index contributed by atoms with van der Waals surface area (Å²) in [4.78, 5) is 10.5. The van der Waals surface area contributed by atoms with Gasteiger partial charge in [0.1, 0.15) is 11.6 Å². The third-order valence-electron chi connectivity index (χ3n) is 2.63. The lowest BCUT2D eigenvalue weighted by molar-refractivity contribution is -0.119. The number of nitrogens with two attached hydrogens (primary N) is 1. The van der Waals surface area contributed by atoms with E-state index in [1.54, 1.807) is 0 Å². The lowest BCUT2D eigenvalue weighted by atomic mass is 10.3. The van der Waals surface area contributed by atoms with E-state index in [1.807, 2.05) is 0 Å². The molecule has 2 rings (SSSR count). The molecule has 22 heavy (non-hydrogen) atoms. The minimum atomic E-state index is -3.92. The van der Waals surface area contributed by atoms with Crippen LogP contribution in [0.2, 0.25) is 0 Å². The molecule has 3 N–H and O–H groups in total. The van der Waals surface area contributed by atoms with Crippen LogP contribution in [0.4, 0.5) is 10.1 Å². The molecule has 0 unspecified atom stereocenters. The second-order valence-electron chi connectivity index (χ2n) is 4.31. The fourth-order valence-corrected chi connectivity index (χ4v) is 2.68. The maximum Gasteiger partial charge on any atom is 0.261 e. The molecule has 0 aliphatic rings. The summed E-state index contributed by atoms with van der Waals surface area (Å²) in [5.74, 6) is -1.02. The van der Waals surface area contributed by atoms with Gasteiger partial charge in [-0.25, -0.2) is 12.8 Å². The quantitative estimate of drug-likeness (QED) is 0.841. The van der Waals surface area contributed by atoms with Gasteiger partial charge in [-0.3, -0.25) is 9.52 Å². The fourth-order valence-electron chi connectivity index (χ4n) is 1.62. The van der Waals surface area contributed by atoms with E-state index in [1.165, 1.54) is 42.5 Å². The lowest BCUT2D eigenvalue weighted by Gasteiger charge is -2.09. The predicted octanol–water partition coefficient (Wildman–Crippen LogP) is 1.49. The lowest BCUT2D eigenvalue weighted by Crippen LogP contribution is -2.20. The van der Waals surface area contributed by atoms with Crippen LogP contribution < -0.4 is 15.2 Å². The van der Waals surface area contributed by atoms with Gasteiger partial charge >= 0.3 is 0 Å². The highest BCUT2D eigenvalue weighted by Crippen LogP contribution is 2.20. The number of hydrogen-bond acceptors (Lipinski definition) is 4. The third-order valence-corrected chi connectivity index (χ3v) is 4.01. The molecule has 2 aromatic carbocycles. The van der Waals surface area contributed by atoms with Crippen molar-refractivity contribution in [2.24, 2.45) is 5.73 Å². The van der Waals surface area contributed by atoms with Crippen molar-refractivity contribution < 1.29 is 22.3 Å². The molecule has 0 radical (unpaired) electrons. The molecule has 0 heterocycles. The molecular formula is C14H13FN2O4S. The molecule has 0 bridgehead atoms. The Labute approximate surface area is 126 Å². The first-order valence-electron chi connectivity index (χ1n) is 6.17. The van der Waals surface area contributed by atoms with Crippen molar-refractivity contribution in [3.05, 3.63) is 54.3 Å². The summed E-state index contributed by atoms with van der Waals surface area (Å²) in [5, 5.41) is 0. The number of nitrogens with one attached hydrogen (secondary N) is 1. The highest BCUT2D eigenvalue weighted by atomic mass is 32.2. The molecule has 0 fully saturated rings. The zero-order chi connectivity index (χ0) is 16.2. The minimum Gasteiger partial charge on any atom is -0.484 e. The van der Waals surface area contributed by atoms with Crippen molar-refractivity contribution >= 4 is 21.6 Å². The van der Waals surface area contributed by atoms with E-state index in [9.17, 15) is 17.6 Å². The first kappa shape index (κ1) is 15.8. The zero-order valence-electron chi connectivity index (χ0n) is 11.3. The number of amides is 1. The Morgan fingerprint density at radius 1 is 1.14 bits per heavy atom. The first-order chi connectivity index (χ1) is 10.4. The van der Waals surface area contributed by atoms with Crippen molar-refractivity contribution in [3.63, 3.8) is 0 Å². The molecule has 1 amide bonds. The van der Waals surface area contributed by atoms with Gasteiger partial charge in [-0.05, 0) is 36.4 Å². The van der Waals surface area contributed by atoms with Crippen molar-refractivity contribution in [1.29, 1.82) is 0 Å². The number of benzene rings is 2. The van der Waals surface area contributed by atoms with Gasteiger partial charge < -0.3 is 10.5 Å². The number of primary amides is 1. The number of anilines is 1. The van der Waals surface area contributed by atoms with E-state index in [0.717, 1.165) is 6.07 Å². The molecule has 0 aliphatic carbocycles. The molecule has 0 saturated carbocycles. The zero-order valence-corrected chi connectivity index (χ0v) is 12.1. The maximum absolute atomic E-state index is 13.5. The van der Waals surface area contributed by atoms with Crippen LogP contribution in [0.3, 0.4) is 0 Å². The number of halogens is 1. The van der Waals surface area contributed by atoms with Crippen LogP contribution in [-0.2, 0) is 14.8 Å². The van der Waals surface area contributed by atoms with Crippen LogP contribution in [0.25, 0.3) is 0 Å². The van der Waals surface area contributed by atoms with Gasteiger partial charge in [-0.1, -0.05) is 12.1 Å². The Hall–Kier alpha value is -2.61. The topological polar surface area (TPSA) is 98.5 Å². The van der Waals surface area contributed by atoms with Gasteiger partial charge in [0.2, 0.25) is 0 Å². The number of carbonyl (C=O) groups is 1. The number of rotatable bonds is 6. The largest absolute Gasteiger partial charge is 0.484 e. The highest BCUT2D eigenvalue weighted by Gasteiger charge is 2.16. The first-order valence-corrected chi connectivity index (χ1v) is 7.65. The number of para-hydroxylation sites is 1. The molecule has 0 aliphatic heterocycles. The van der Waals surface area contributed by atoms with Gasteiger partial charge in [-0.2, -0.15) is 0 Å². The van der Waals surface area contributed by atoms with Gasteiger partial charge in [0.05, 0.1) is 10.6 Å². The van der Waals surface area contributed by atoms with Gasteiger partial charge in [-0.15, -0.1) is 0 Å². The standard InChI is InChI=1S/C14H13FN2O4S/c15-12-3-1-2-4-13(12)17-22(19,20)11-7-5-10(6-8-11)21-9-14(16)18/h1-8,17H,9H2,(H2,16,18). The van der Waals surface area contributed by atoms with Crippen LogP contribution >= 0.6 is 0 Å². The van der Waals surface area contributed by atoms with Crippen molar-refractivity contribution in [2.75, 3.05) is 11.3 Å². The Morgan fingerprint density at radius 2 is 1.77 bits per heavy atom. The van der Waals surface area contributed by atoms with Crippen LogP contribution in [0.15, 0.2) is 53.4 Å². The SMILES string of the molecule is NC(=O)COc1ccc(S(=O)(=O)Nc2ccccc2F)cc1. The summed E-state index contributed by atoms with van der Waals surface area (Å²) >= 11 is 0.